The van der Waals surface area contributed by atoms with Crippen molar-refractivity contribution in [3.8, 4) is 11.3 Å². The number of benzene rings is 1. The van der Waals surface area contributed by atoms with E-state index in [1.54, 1.807) is 18.3 Å². The van der Waals surface area contributed by atoms with Crippen molar-refractivity contribution in [2.24, 2.45) is 0 Å². The predicted molar refractivity (Wildman–Crippen MR) is 87.1 cm³/mol. The van der Waals surface area contributed by atoms with E-state index in [0.717, 1.165) is 24.2 Å². The molecule has 0 atom stereocenters. The number of carbonyl (C=O) groups is 1. The Morgan fingerprint density at radius 2 is 2.09 bits per heavy atom. The Kier molecular flexibility index (Phi) is 4.23. The molecule has 3 aromatic rings. The minimum absolute atomic E-state index is 0.161. The van der Waals surface area contributed by atoms with Gasteiger partial charge in [-0.05, 0) is 25.5 Å². The standard InChI is InChI=1S/C17H18N4O2/c1-3-8-21-16(9-12(2)20-21)19-17(22)14-6-4-13(5-7-14)15-10-18-11-23-15/h4-7,9-11H,3,8H2,1-2H3,(H,19,22). The minimum Gasteiger partial charge on any atom is -0.444 e. The molecule has 0 bridgehead atoms. The summed E-state index contributed by atoms with van der Waals surface area (Å²) in [4.78, 5) is 16.3. The van der Waals surface area contributed by atoms with Crippen molar-refractivity contribution in [3.63, 3.8) is 0 Å². The summed E-state index contributed by atoms with van der Waals surface area (Å²) in [6.07, 6.45) is 3.98. The molecule has 0 fully saturated rings. The van der Waals surface area contributed by atoms with Gasteiger partial charge in [0.15, 0.2) is 12.2 Å². The van der Waals surface area contributed by atoms with E-state index in [0.29, 0.717) is 17.1 Å². The number of hydrogen-bond donors (Lipinski definition) is 1. The van der Waals surface area contributed by atoms with Crippen molar-refractivity contribution in [1.29, 1.82) is 0 Å². The summed E-state index contributed by atoms with van der Waals surface area (Å²) < 4.78 is 7.05. The minimum atomic E-state index is -0.161. The van der Waals surface area contributed by atoms with E-state index in [1.165, 1.54) is 6.39 Å². The highest BCUT2D eigenvalue weighted by Crippen LogP contribution is 2.19. The van der Waals surface area contributed by atoms with E-state index >= 15 is 0 Å². The van der Waals surface area contributed by atoms with E-state index in [4.69, 9.17) is 4.42 Å². The normalized spacial score (nSPS) is 10.7. The Morgan fingerprint density at radius 1 is 1.30 bits per heavy atom. The second-order valence-electron chi connectivity index (χ2n) is 5.29. The summed E-state index contributed by atoms with van der Waals surface area (Å²) in [7, 11) is 0. The maximum atomic E-state index is 12.4. The van der Waals surface area contributed by atoms with E-state index < -0.39 is 0 Å². The molecule has 1 aromatic carbocycles. The molecule has 23 heavy (non-hydrogen) atoms. The Bertz CT molecular complexity index is 789. The number of hydrogen-bond acceptors (Lipinski definition) is 4. The molecule has 6 nitrogen and oxygen atoms in total. The lowest BCUT2D eigenvalue weighted by atomic mass is 10.1. The smallest absolute Gasteiger partial charge is 0.256 e. The number of nitrogens with one attached hydrogen (secondary N) is 1. The molecule has 0 unspecified atom stereocenters. The summed E-state index contributed by atoms with van der Waals surface area (Å²) in [6.45, 7) is 4.76. The van der Waals surface area contributed by atoms with Gasteiger partial charge in [0.2, 0.25) is 0 Å². The van der Waals surface area contributed by atoms with Crippen molar-refractivity contribution < 1.29 is 9.21 Å². The Morgan fingerprint density at radius 3 is 2.74 bits per heavy atom. The first-order chi connectivity index (χ1) is 11.2. The van der Waals surface area contributed by atoms with E-state index in [9.17, 15) is 4.79 Å². The Labute approximate surface area is 134 Å². The lowest BCUT2D eigenvalue weighted by Gasteiger charge is -2.08. The van der Waals surface area contributed by atoms with Gasteiger partial charge in [0.1, 0.15) is 5.82 Å². The van der Waals surface area contributed by atoms with Crippen LogP contribution in [0, 0.1) is 6.92 Å². The van der Waals surface area contributed by atoms with Crippen LogP contribution in [0.3, 0.4) is 0 Å². The maximum absolute atomic E-state index is 12.4. The quantitative estimate of drug-likeness (QED) is 0.782. The van der Waals surface area contributed by atoms with Gasteiger partial charge in [-0.15, -0.1) is 0 Å². The monoisotopic (exact) mass is 310 g/mol. The van der Waals surface area contributed by atoms with E-state index in [1.807, 2.05) is 29.8 Å². The Balaban J connectivity index is 1.76. The van der Waals surface area contributed by atoms with E-state index in [-0.39, 0.29) is 5.91 Å². The zero-order valence-corrected chi connectivity index (χ0v) is 13.1. The van der Waals surface area contributed by atoms with Crippen LogP contribution in [0.1, 0.15) is 29.4 Å². The number of aryl methyl sites for hydroxylation is 2. The van der Waals surface area contributed by atoms with E-state index in [2.05, 4.69) is 22.3 Å². The molecule has 118 valence electrons. The molecule has 0 saturated heterocycles. The molecule has 1 amide bonds. The molecule has 6 heteroatoms. The van der Waals surface area contributed by atoms with Crippen molar-refractivity contribution in [3.05, 3.63) is 54.2 Å². The molecule has 2 aromatic heterocycles. The molecule has 2 heterocycles. The molecule has 3 rings (SSSR count). The molecule has 0 spiro atoms. The lowest BCUT2D eigenvalue weighted by Crippen LogP contribution is -2.15. The molecular formula is C17H18N4O2. The molecule has 0 aliphatic heterocycles. The van der Waals surface area contributed by atoms with Crippen LogP contribution < -0.4 is 5.32 Å². The van der Waals surface area contributed by atoms with Crippen LogP contribution in [-0.4, -0.2) is 20.7 Å². The van der Waals surface area contributed by atoms with Gasteiger partial charge in [0.05, 0.1) is 11.9 Å². The van der Waals surface area contributed by atoms with Gasteiger partial charge in [-0.1, -0.05) is 19.1 Å². The number of oxazole rings is 1. The van der Waals surface area contributed by atoms with Gasteiger partial charge in [0.25, 0.3) is 5.91 Å². The summed E-state index contributed by atoms with van der Waals surface area (Å²) in [6, 6.07) is 9.08. The van der Waals surface area contributed by atoms with Crippen molar-refractivity contribution in [2.75, 3.05) is 5.32 Å². The molecule has 0 saturated carbocycles. The van der Waals surface area contributed by atoms with Crippen molar-refractivity contribution >= 4 is 11.7 Å². The van der Waals surface area contributed by atoms with Crippen LogP contribution in [0.4, 0.5) is 5.82 Å². The second kappa shape index (κ2) is 6.48. The van der Waals surface area contributed by atoms with Crippen LogP contribution >= 0.6 is 0 Å². The molecule has 0 aliphatic carbocycles. The fraction of sp³-hybridized carbons (Fsp3) is 0.235. The van der Waals surface area contributed by atoms with Crippen molar-refractivity contribution in [2.45, 2.75) is 26.8 Å². The first-order valence-electron chi connectivity index (χ1n) is 7.52. The third-order valence-corrected chi connectivity index (χ3v) is 3.44. The van der Waals surface area contributed by atoms with Crippen molar-refractivity contribution in [1.82, 2.24) is 14.8 Å². The zero-order chi connectivity index (χ0) is 16.2. The van der Waals surface area contributed by atoms with Gasteiger partial charge in [-0.2, -0.15) is 5.10 Å². The van der Waals surface area contributed by atoms with Crippen LogP contribution in [0.15, 0.2) is 47.3 Å². The zero-order valence-electron chi connectivity index (χ0n) is 13.1. The molecule has 0 aliphatic rings. The third-order valence-electron chi connectivity index (χ3n) is 3.44. The van der Waals surface area contributed by atoms with Crippen LogP contribution in [0.2, 0.25) is 0 Å². The van der Waals surface area contributed by atoms with Gasteiger partial charge in [-0.25, -0.2) is 9.67 Å². The predicted octanol–water partition coefficient (Wildman–Crippen LogP) is 3.51. The third kappa shape index (κ3) is 3.31. The Hall–Kier alpha value is -2.89. The lowest BCUT2D eigenvalue weighted by molar-refractivity contribution is 0.102. The van der Waals surface area contributed by atoms with Crippen LogP contribution in [0.25, 0.3) is 11.3 Å². The fourth-order valence-electron chi connectivity index (χ4n) is 2.36. The average molecular weight is 310 g/mol. The SMILES string of the molecule is CCCn1nc(C)cc1NC(=O)c1ccc(-c2cnco2)cc1. The summed E-state index contributed by atoms with van der Waals surface area (Å²) in [5.74, 6) is 1.23. The molecule has 1 N–H and O–H groups in total. The topological polar surface area (TPSA) is 73.0 Å². The van der Waals surface area contributed by atoms with Gasteiger partial charge >= 0.3 is 0 Å². The number of amides is 1. The molecular weight excluding hydrogens is 292 g/mol. The number of rotatable bonds is 5. The van der Waals surface area contributed by atoms with Gasteiger partial charge < -0.3 is 9.73 Å². The highest BCUT2D eigenvalue weighted by molar-refractivity contribution is 6.04. The highest BCUT2D eigenvalue weighted by atomic mass is 16.3. The first kappa shape index (κ1) is 15.0. The maximum Gasteiger partial charge on any atom is 0.256 e. The first-order valence-corrected chi connectivity index (χ1v) is 7.52. The summed E-state index contributed by atoms with van der Waals surface area (Å²) in [5, 5.41) is 7.29. The average Bonchev–Trinajstić information content (AvgIpc) is 3.18. The van der Waals surface area contributed by atoms with Crippen LogP contribution in [-0.2, 0) is 6.54 Å². The summed E-state index contributed by atoms with van der Waals surface area (Å²) >= 11 is 0. The summed E-state index contributed by atoms with van der Waals surface area (Å²) in [5.41, 5.74) is 2.34. The number of aromatic nitrogens is 3. The van der Waals surface area contributed by atoms with Crippen LogP contribution in [0.5, 0.6) is 0 Å². The number of anilines is 1. The van der Waals surface area contributed by atoms with Gasteiger partial charge in [0, 0.05) is 23.7 Å². The highest BCUT2D eigenvalue weighted by Gasteiger charge is 2.11. The fourth-order valence-corrected chi connectivity index (χ4v) is 2.36. The number of nitrogens with zero attached hydrogens (tertiary/aromatic N) is 3. The van der Waals surface area contributed by atoms with Gasteiger partial charge in [-0.3, -0.25) is 4.79 Å². The largest absolute Gasteiger partial charge is 0.444 e. The molecule has 0 radical (unpaired) electrons. The number of carbonyl (C=O) groups excluding carboxylic acids is 1. The second-order valence-corrected chi connectivity index (χ2v) is 5.29.